The monoisotopic (exact) mass is 478 g/mol. The summed E-state index contributed by atoms with van der Waals surface area (Å²) >= 11 is 5.99. The zero-order valence-corrected chi connectivity index (χ0v) is 20.4. The van der Waals surface area contributed by atoms with Gasteiger partial charge in [-0.3, -0.25) is 4.79 Å². The Morgan fingerprint density at radius 3 is 2.09 bits per heavy atom. The Bertz CT molecular complexity index is 1200. The number of nitrogens with one attached hydrogen (secondary N) is 1. The minimum Gasteiger partial charge on any atom is -0.345 e. The molecule has 1 N–H and O–H groups in total. The third-order valence-corrected chi connectivity index (χ3v) is 5.92. The van der Waals surface area contributed by atoms with Gasteiger partial charge in [-0.15, -0.1) is 12.4 Å². The molecule has 0 saturated carbocycles. The molecule has 4 aromatic rings. The van der Waals surface area contributed by atoms with Crippen molar-refractivity contribution in [2.24, 2.45) is 0 Å². The second-order valence-corrected chi connectivity index (χ2v) is 8.75. The lowest BCUT2D eigenvalue weighted by atomic mass is 9.98. The van der Waals surface area contributed by atoms with Gasteiger partial charge in [0.05, 0.1) is 6.04 Å². The van der Waals surface area contributed by atoms with E-state index in [1.54, 1.807) is 0 Å². The molecule has 0 aliphatic heterocycles. The zero-order valence-electron chi connectivity index (χ0n) is 18.8. The van der Waals surface area contributed by atoms with Crippen molar-refractivity contribution < 1.29 is 4.79 Å². The van der Waals surface area contributed by atoms with Crippen molar-refractivity contribution in [2.75, 3.05) is 20.6 Å². The number of carbonyl (C=O) groups is 1. The summed E-state index contributed by atoms with van der Waals surface area (Å²) in [5.74, 6) is -0.0652. The predicted molar refractivity (Wildman–Crippen MR) is 141 cm³/mol. The Balaban J connectivity index is 0.00000306. The normalized spacial score (nSPS) is 11.8. The molecule has 5 heteroatoms. The first-order valence-corrected chi connectivity index (χ1v) is 11.2. The van der Waals surface area contributed by atoms with Crippen LogP contribution in [0.2, 0.25) is 5.02 Å². The summed E-state index contributed by atoms with van der Waals surface area (Å²) < 4.78 is 0. The average molecular weight is 479 g/mol. The van der Waals surface area contributed by atoms with Crippen LogP contribution in [0, 0.1) is 0 Å². The van der Waals surface area contributed by atoms with Gasteiger partial charge < -0.3 is 10.2 Å². The third-order valence-electron chi connectivity index (χ3n) is 5.67. The van der Waals surface area contributed by atoms with E-state index >= 15 is 0 Å². The smallest absolute Gasteiger partial charge is 0.251 e. The van der Waals surface area contributed by atoms with Crippen molar-refractivity contribution >= 4 is 40.7 Å². The zero-order chi connectivity index (χ0) is 22.5. The Morgan fingerprint density at radius 1 is 0.848 bits per heavy atom. The number of hydrogen-bond donors (Lipinski definition) is 1. The van der Waals surface area contributed by atoms with Gasteiger partial charge in [-0.05, 0) is 84.9 Å². The first kappa shape index (κ1) is 24.8. The van der Waals surface area contributed by atoms with Crippen molar-refractivity contribution in [3.8, 4) is 11.1 Å². The predicted octanol–water partition coefficient (Wildman–Crippen LogP) is 7.00. The third kappa shape index (κ3) is 6.35. The number of carbonyl (C=O) groups excluding carboxylic acids is 1. The highest BCUT2D eigenvalue weighted by Crippen LogP contribution is 2.25. The minimum atomic E-state index is -0.0652. The molecule has 0 saturated heterocycles. The molecule has 0 spiro atoms. The lowest BCUT2D eigenvalue weighted by Crippen LogP contribution is -2.31. The Morgan fingerprint density at radius 2 is 1.45 bits per heavy atom. The number of amides is 1. The van der Waals surface area contributed by atoms with Crippen molar-refractivity contribution in [1.82, 2.24) is 10.2 Å². The molecule has 0 fully saturated rings. The van der Waals surface area contributed by atoms with Crippen LogP contribution in [0.1, 0.15) is 28.4 Å². The molecule has 0 aliphatic carbocycles. The maximum absolute atomic E-state index is 13.1. The van der Waals surface area contributed by atoms with Crippen LogP contribution in [-0.4, -0.2) is 31.4 Å². The van der Waals surface area contributed by atoms with Crippen molar-refractivity contribution in [3.05, 3.63) is 107 Å². The molecule has 33 heavy (non-hydrogen) atoms. The van der Waals surface area contributed by atoms with Crippen LogP contribution in [0.5, 0.6) is 0 Å². The minimum absolute atomic E-state index is 0. The molecular formula is C28H28Cl2N2O. The fraction of sp³-hybridized carbons (Fsp3) is 0.179. The van der Waals surface area contributed by atoms with E-state index in [0.29, 0.717) is 10.6 Å². The highest BCUT2D eigenvalue weighted by Gasteiger charge is 2.17. The molecule has 4 rings (SSSR count). The summed E-state index contributed by atoms with van der Waals surface area (Å²) in [5.41, 5.74) is 3.90. The highest BCUT2D eigenvalue weighted by atomic mass is 35.5. The van der Waals surface area contributed by atoms with Gasteiger partial charge in [0.15, 0.2) is 0 Å². The second kappa shape index (κ2) is 11.3. The molecule has 170 valence electrons. The Kier molecular flexibility index (Phi) is 8.51. The van der Waals surface area contributed by atoms with Crippen LogP contribution in [0.15, 0.2) is 91.0 Å². The van der Waals surface area contributed by atoms with Gasteiger partial charge >= 0.3 is 0 Å². The van der Waals surface area contributed by atoms with Crippen molar-refractivity contribution in [2.45, 2.75) is 12.5 Å². The fourth-order valence-corrected chi connectivity index (χ4v) is 3.96. The van der Waals surface area contributed by atoms with Gasteiger partial charge in [0, 0.05) is 10.6 Å². The molecular weight excluding hydrogens is 451 g/mol. The first-order chi connectivity index (χ1) is 15.5. The molecule has 0 bridgehead atoms. The van der Waals surface area contributed by atoms with Crippen molar-refractivity contribution in [3.63, 3.8) is 0 Å². The number of rotatable bonds is 7. The fourth-order valence-electron chi connectivity index (χ4n) is 3.83. The van der Waals surface area contributed by atoms with E-state index in [4.69, 9.17) is 11.6 Å². The Hall–Kier alpha value is -2.85. The quantitative estimate of drug-likeness (QED) is 0.309. The van der Waals surface area contributed by atoms with E-state index in [2.05, 4.69) is 54.6 Å². The van der Waals surface area contributed by atoms with Gasteiger partial charge in [0.1, 0.15) is 0 Å². The summed E-state index contributed by atoms with van der Waals surface area (Å²) in [6, 6.07) is 30.1. The largest absolute Gasteiger partial charge is 0.345 e. The number of hydrogen-bond acceptors (Lipinski definition) is 2. The lowest BCUT2D eigenvalue weighted by molar-refractivity contribution is 0.0933. The molecule has 0 aromatic heterocycles. The summed E-state index contributed by atoms with van der Waals surface area (Å²) in [7, 11) is 4.10. The summed E-state index contributed by atoms with van der Waals surface area (Å²) in [6.45, 7) is 0.882. The lowest BCUT2D eigenvalue weighted by Gasteiger charge is -2.22. The molecule has 0 radical (unpaired) electrons. The molecule has 0 heterocycles. The summed E-state index contributed by atoms with van der Waals surface area (Å²) in [4.78, 5) is 15.2. The maximum atomic E-state index is 13.1. The first-order valence-electron chi connectivity index (χ1n) is 10.8. The number of nitrogens with zero attached hydrogens (tertiary/aromatic N) is 1. The topological polar surface area (TPSA) is 32.3 Å². The SMILES string of the molecule is CN(C)CC[C@@H](NC(=O)c1ccc(-c2ccc(Cl)cc2)cc1)c1ccc2ccccc2c1.Cl. The van der Waals surface area contributed by atoms with Gasteiger partial charge in [-0.25, -0.2) is 0 Å². The van der Waals surface area contributed by atoms with E-state index in [-0.39, 0.29) is 24.4 Å². The van der Waals surface area contributed by atoms with Crippen LogP contribution in [0.4, 0.5) is 0 Å². The molecule has 3 nitrogen and oxygen atoms in total. The van der Waals surface area contributed by atoms with E-state index in [0.717, 1.165) is 29.7 Å². The second-order valence-electron chi connectivity index (χ2n) is 8.31. The summed E-state index contributed by atoms with van der Waals surface area (Å²) in [5, 5.41) is 6.35. The van der Waals surface area contributed by atoms with E-state index in [1.807, 2.05) is 60.7 Å². The standard InChI is InChI=1S/C28H27ClN2O.ClH/c1-31(2)18-17-27(25-12-9-20-5-3-4-6-24(20)19-25)30-28(32)23-10-7-21(8-11-23)22-13-15-26(29)16-14-22;/h3-16,19,27H,17-18H2,1-2H3,(H,30,32);1H/t27-;/m1./s1. The molecule has 0 unspecified atom stereocenters. The highest BCUT2D eigenvalue weighted by molar-refractivity contribution is 6.30. The van der Waals surface area contributed by atoms with Gasteiger partial charge in [-0.2, -0.15) is 0 Å². The average Bonchev–Trinajstić information content (AvgIpc) is 2.82. The van der Waals surface area contributed by atoms with Crippen LogP contribution in [0.3, 0.4) is 0 Å². The van der Waals surface area contributed by atoms with E-state index < -0.39 is 0 Å². The maximum Gasteiger partial charge on any atom is 0.251 e. The van der Waals surface area contributed by atoms with Crippen LogP contribution < -0.4 is 5.32 Å². The molecule has 0 aliphatic rings. The van der Waals surface area contributed by atoms with Crippen molar-refractivity contribution in [1.29, 1.82) is 0 Å². The molecule has 4 aromatic carbocycles. The summed E-state index contributed by atoms with van der Waals surface area (Å²) in [6.07, 6.45) is 0.833. The molecule has 1 atom stereocenters. The molecule has 1 amide bonds. The van der Waals surface area contributed by atoms with E-state index in [9.17, 15) is 4.79 Å². The van der Waals surface area contributed by atoms with Crippen LogP contribution in [-0.2, 0) is 0 Å². The number of benzene rings is 4. The van der Waals surface area contributed by atoms with Crippen LogP contribution >= 0.6 is 24.0 Å². The van der Waals surface area contributed by atoms with E-state index in [1.165, 1.54) is 10.8 Å². The van der Waals surface area contributed by atoms with Crippen LogP contribution in [0.25, 0.3) is 21.9 Å². The number of halogens is 2. The Labute approximate surface area is 206 Å². The van der Waals surface area contributed by atoms with Gasteiger partial charge in [0.25, 0.3) is 5.91 Å². The van der Waals surface area contributed by atoms with Gasteiger partial charge in [-0.1, -0.05) is 72.3 Å². The number of fused-ring (bicyclic) bond motifs is 1. The van der Waals surface area contributed by atoms with Gasteiger partial charge in [0.2, 0.25) is 0 Å².